The third-order valence-corrected chi connectivity index (χ3v) is 2.41. The van der Waals surface area contributed by atoms with E-state index in [9.17, 15) is 0 Å². The predicted molar refractivity (Wildman–Crippen MR) is 77.7 cm³/mol. The fourth-order valence-corrected chi connectivity index (χ4v) is 1.40. The van der Waals surface area contributed by atoms with Crippen LogP contribution in [0.15, 0.2) is 12.1 Å². The zero-order valence-electron chi connectivity index (χ0n) is 12.0. The van der Waals surface area contributed by atoms with Gasteiger partial charge in [0.25, 0.3) is 0 Å². The van der Waals surface area contributed by atoms with Crippen LogP contribution in [0.1, 0.15) is 6.92 Å². The molecule has 0 spiro atoms. The molecule has 6 heteroatoms. The average Bonchev–Trinajstić information content (AvgIpc) is 2.37. The van der Waals surface area contributed by atoms with Crippen LogP contribution in [0.3, 0.4) is 0 Å². The Morgan fingerprint density at radius 2 is 2.11 bits per heavy atom. The van der Waals surface area contributed by atoms with Gasteiger partial charge in [-0.2, -0.15) is 4.98 Å². The van der Waals surface area contributed by atoms with Crippen LogP contribution in [0.5, 0.6) is 5.88 Å². The van der Waals surface area contributed by atoms with Crippen molar-refractivity contribution in [1.82, 2.24) is 9.88 Å². The number of aromatic nitrogens is 1. The van der Waals surface area contributed by atoms with Gasteiger partial charge in [-0.15, -0.1) is 0 Å². The Balaban J connectivity index is 2.27. The molecule has 0 bridgehead atoms. The van der Waals surface area contributed by atoms with E-state index in [0.29, 0.717) is 31.3 Å². The van der Waals surface area contributed by atoms with Crippen molar-refractivity contribution in [3.63, 3.8) is 0 Å². The summed E-state index contributed by atoms with van der Waals surface area (Å²) in [6, 6.07) is 3.62. The van der Waals surface area contributed by atoms with Gasteiger partial charge in [0, 0.05) is 13.1 Å². The van der Waals surface area contributed by atoms with Gasteiger partial charge in [0.15, 0.2) is 0 Å². The second-order valence-corrected chi connectivity index (χ2v) is 4.37. The first kappa shape index (κ1) is 15.5. The number of pyridine rings is 1. The van der Waals surface area contributed by atoms with Crippen molar-refractivity contribution in [3.8, 4) is 5.88 Å². The first-order chi connectivity index (χ1) is 9.13. The average molecular weight is 268 g/mol. The van der Waals surface area contributed by atoms with Crippen molar-refractivity contribution < 1.29 is 9.47 Å². The number of hydrogen-bond acceptors (Lipinski definition) is 6. The highest BCUT2D eigenvalue weighted by Crippen LogP contribution is 2.20. The molecule has 0 aliphatic carbocycles. The number of rotatable bonds is 9. The van der Waals surface area contributed by atoms with Gasteiger partial charge in [0.05, 0.1) is 25.5 Å². The normalized spacial score (nSPS) is 10.7. The Bertz CT molecular complexity index is 372. The molecule has 0 unspecified atom stereocenters. The molecule has 3 N–H and O–H groups in total. The summed E-state index contributed by atoms with van der Waals surface area (Å²) in [4.78, 5) is 6.37. The highest BCUT2D eigenvalue weighted by molar-refractivity contribution is 5.53. The topological polar surface area (TPSA) is 72.6 Å². The monoisotopic (exact) mass is 268 g/mol. The van der Waals surface area contributed by atoms with Crippen molar-refractivity contribution >= 4 is 11.5 Å². The standard InChI is InChI=1S/C13H24N4O2/c1-4-19-13-11(14)5-6-12(16-13)15-7-9-18-10-8-17(2)3/h5-6H,4,7-10,14H2,1-3H3,(H,15,16). The molecule has 0 saturated heterocycles. The van der Waals surface area contributed by atoms with Gasteiger partial charge in [0.1, 0.15) is 5.82 Å². The summed E-state index contributed by atoms with van der Waals surface area (Å²) in [6.45, 7) is 5.45. The molecule has 1 rings (SSSR count). The third-order valence-electron chi connectivity index (χ3n) is 2.41. The number of ether oxygens (including phenoxy) is 2. The molecule has 0 amide bonds. The van der Waals surface area contributed by atoms with Crippen LogP contribution in [0.4, 0.5) is 11.5 Å². The third kappa shape index (κ3) is 6.26. The minimum absolute atomic E-state index is 0.473. The van der Waals surface area contributed by atoms with E-state index < -0.39 is 0 Å². The van der Waals surface area contributed by atoms with Gasteiger partial charge < -0.3 is 25.4 Å². The van der Waals surface area contributed by atoms with Crippen molar-refractivity contribution in [2.45, 2.75) is 6.92 Å². The van der Waals surface area contributed by atoms with Gasteiger partial charge in [-0.3, -0.25) is 0 Å². The van der Waals surface area contributed by atoms with Gasteiger partial charge in [-0.05, 0) is 33.2 Å². The minimum Gasteiger partial charge on any atom is -0.476 e. The Kier molecular flexibility index (Phi) is 6.99. The summed E-state index contributed by atoms with van der Waals surface area (Å²) < 4.78 is 10.8. The summed E-state index contributed by atoms with van der Waals surface area (Å²) in [5.74, 6) is 1.22. The molecule has 1 aromatic heterocycles. The lowest BCUT2D eigenvalue weighted by molar-refractivity contribution is 0.126. The molecule has 0 saturated carbocycles. The predicted octanol–water partition coefficient (Wildman–Crippen LogP) is 1.05. The molecule has 0 atom stereocenters. The molecular weight excluding hydrogens is 244 g/mol. The molecule has 0 aliphatic heterocycles. The Morgan fingerprint density at radius 1 is 1.32 bits per heavy atom. The maximum Gasteiger partial charge on any atom is 0.239 e. The number of nitrogen functional groups attached to an aromatic ring is 1. The number of nitrogens with two attached hydrogens (primary N) is 1. The summed E-state index contributed by atoms with van der Waals surface area (Å²) in [7, 11) is 4.05. The van der Waals surface area contributed by atoms with Gasteiger partial charge in [0.2, 0.25) is 5.88 Å². The molecule has 1 aromatic rings. The second kappa shape index (κ2) is 8.55. The number of hydrogen-bond donors (Lipinski definition) is 2. The second-order valence-electron chi connectivity index (χ2n) is 4.37. The summed E-state index contributed by atoms with van der Waals surface area (Å²) >= 11 is 0. The minimum atomic E-state index is 0.473. The smallest absolute Gasteiger partial charge is 0.239 e. The molecule has 0 fully saturated rings. The quantitative estimate of drug-likeness (QED) is 0.652. The Morgan fingerprint density at radius 3 is 2.79 bits per heavy atom. The van der Waals surface area contributed by atoms with Crippen molar-refractivity contribution in [3.05, 3.63) is 12.1 Å². The number of nitrogens with one attached hydrogen (secondary N) is 1. The number of nitrogens with zero attached hydrogens (tertiary/aromatic N) is 2. The lowest BCUT2D eigenvalue weighted by Gasteiger charge is -2.11. The van der Waals surface area contributed by atoms with Crippen LogP contribution >= 0.6 is 0 Å². The molecular formula is C13H24N4O2. The van der Waals surface area contributed by atoms with Crippen LogP contribution < -0.4 is 15.8 Å². The zero-order chi connectivity index (χ0) is 14.1. The molecule has 19 heavy (non-hydrogen) atoms. The highest BCUT2D eigenvalue weighted by atomic mass is 16.5. The Hall–Kier alpha value is -1.53. The summed E-state index contributed by atoms with van der Waals surface area (Å²) in [5, 5.41) is 3.17. The molecule has 1 heterocycles. The maximum atomic E-state index is 5.75. The maximum absolute atomic E-state index is 5.75. The molecule has 108 valence electrons. The van der Waals surface area contributed by atoms with Crippen molar-refractivity contribution in [1.29, 1.82) is 0 Å². The van der Waals surface area contributed by atoms with E-state index >= 15 is 0 Å². The first-order valence-electron chi connectivity index (χ1n) is 6.49. The van der Waals surface area contributed by atoms with E-state index in [1.807, 2.05) is 27.1 Å². The van der Waals surface area contributed by atoms with E-state index in [2.05, 4.69) is 15.2 Å². The Labute approximate surface area is 114 Å². The SMILES string of the molecule is CCOc1nc(NCCOCCN(C)C)ccc1N. The molecule has 0 aromatic carbocycles. The summed E-state index contributed by atoms with van der Waals surface area (Å²) in [6.07, 6.45) is 0. The van der Waals surface area contributed by atoms with E-state index in [1.54, 1.807) is 6.07 Å². The fourth-order valence-electron chi connectivity index (χ4n) is 1.40. The van der Waals surface area contributed by atoms with Gasteiger partial charge in [-0.1, -0.05) is 0 Å². The number of likely N-dealkylation sites (N-methyl/N-ethyl adjacent to an activating group) is 1. The van der Waals surface area contributed by atoms with E-state index in [-0.39, 0.29) is 0 Å². The van der Waals surface area contributed by atoms with Crippen LogP contribution in [-0.2, 0) is 4.74 Å². The largest absolute Gasteiger partial charge is 0.476 e. The van der Waals surface area contributed by atoms with Crippen LogP contribution in [0.2, 0.25) is 0 Å². The number of anilines is 2. The highest BCUT2D eigenvalue weighted by Gasteiger charge is 2.03. The van der Waals surface area contributed by atoms with Crippen molar-refractivity contribution in [2.24, 2.45) is 0 Å². The van der Waals surface area contributed by atoms with Crippen LogP contribution in [0.25, 0.3) is 0 Å². The first-order valence-corrected chi connectivity index (χ1v) is 6.49. The zero-order valence-corrected chi connectivity index (χ0v) is 12.0. The van der Waals surface area contributed by atoms with Crippen LogP contribution in [-0.4, -0.2) is 56.9 Å². The van der Waals surface area contributed by atoms with Gasteiger partial charge in [-0.25, -0.2) is 0 Å². The molecule has 0 aliphatic rings. The van der Waals surface area contributed by atoms with Crippen molar-refractivity contribution in [2.75, 3.05) is 58.1 Å². The lowest BCUT2D eigenvalue weighted by Crippen LogP contribution is -2.20. The van der Waals surface area contributed by atoms with Crippen LogP contribution in [0, 0.1) is 0 Å². The molecule has 0 radical (unpaired) electrons. The molecule has 6 nitrogen and oxygen atoms in total. The fraction of sp³-hybridized carbons (Fsp3) is 0.615. The van der Waals surface area contributed by atoms with E-state index in [4.69, 9.17) is 15.2 Å². The van der Waals surface area contributed by atoms with E-state index in [1.165, 1.54) is 0 Å². The van der Waals surface area contributed by atoms with Gasteiger partial charge >= 0.3 is 0 Å². The summed E-state index contributed by atoms with van der Waals surface area (Å²) in [5.41, 5.74) is 6.30. The lowest BCUT2D eigenvalue weighted by atomic mass is 10.4. The van der Waals surface area contributed by atoms with E-state index in [0.717, 1.165) is 19.0 Å².